The fraction of sp³-hybridized carbons (Fsp3) is 0.103. The molecule has 1 atom stereocenters. The van der Waals surface area contributed by atoms with Gasteiger partial charge in [0.2, 0.25) is 0 Å². The molecule has 0 bridgehead atoms. The highest BCUT2D eigenvalue weighted by atomic mass is 15.2. The van der Waals surface area contributed by atoms with Crippen molar-refractivity contribution < 1.29 is 0 Å². The van der Waals surface area contributed by atoms with Crippen LogP contribution in [-0.2, 0) is 27.1 Å². The SMILES string of the molecule is CC1(C)c2ccccc2-c2ccc(N(c3cccc4c3-c3ccccc3C4(c3ccccc3)c3cccc(-c4ccc5c(c4)C(C)(C)c4c-5cccc4N(c4cccc(-c5ccccc5)c4)c4cccc5c4-c4ccccc4C5(c4ccccc4)c4ccccc4)c3)c3cccc4c3C(C)(C)c3ccccc3-4)cc21. The van der Waals surface area contributed by atoms with Crippen LogP contribution < -0.4 is 9.80 Å². The minimum atomic E-state index is -0.719. The number of anilines is 6. The highest BCUT2D eigenvalue weighted by Crippen LogP contribution is 2.65. The van der Waals surface area contributed by atoms with Crippen LogP contribution in [0.25, 0.3) is 77.9 Å². The summed E-state index contributed by atoms with van der Waals surface area (Å²) in [7, 11) is 0. The highest BCUT2D eigenvalue weighted by molar-refractivity contribution is 6.03. The van der Waals surface area contributed by atoms with Gasteiger partial charge >= 0.3 is 0 Å². The van der Waals surface area contributed by atoms with Crippen molar-refractivity contribution in [3.05, 3.63) is 454 Å². The summed E-state index contributed by atoms with van der Waals surface area (Å²) in [5.41, 5.74) is 40.1. The number of hydrogen-bond donors (Lipinski definition) is 0. The van der Waals surface area contributed by atoms with Gasteiger partial charge in [-0.2, -0.15) is 0 Å². The zero-order valence-corrected chi connectivity index (χ0v) is 62.2. The van der Waals surface area contributed by atoms with E-state index >= 15 is 0 Å². The molecule has 1 unspecified atom stereocenters. The fourth-order valence-electron chi connectivity index (χ4n) is 20.9. The van der Waals surface area contributed by atoms with E-state index < -0.39 is 16.2 Å². The van der Waals surface area contributed by atoms with E-state index in [0.29, 0.717) is 0 Å². The van der Waals surface area contributed by atoms with Gasteiger partial charge in [-0.3, -0.25) is 0 Å². The Bertz CT molecular complexity index is 6360. The Labute approximate surface area is 640 Å². The third-order valence-corrected chi connectivity index (χ3v) is 25.6. The van der Waals surface area contributed by atoms with Gasteiger partial charge in [-0.05, 0) is 205 Å². The molecule has 5 aliphatic rings. The number of benzene rings is 16. The van der Waals surface area contributed by atoms with Crippen LogP contribution in [0.3, 0.4) is 0 Å². The largest absolute Gasteiger partial charge is 0.310 e. The smallest absolute Gasteiger partial charge is 0.0714 e. The van der Waals surface area contributed by atoms with E-state index in [1.165, 1.54) is 161 Å². The Balaban J connectivity index is 0.733. The van der Waals surface area contributed by atoms with Gasteiger partial charge in [-0.1, -0.05) is 357 Å². The molecule has 0 fully saturated rings. The van der Waals surface area contributed by atoms with Gasteiger partial charge < -0.3 is 9.80 Å². The monoisotopic (exact) mass is 1390 g/mol. The van der Waals surface area contributed by atoms with Crippen LogP contribution in [0.4, 0.5) is 34.1 Å². The average Bonchev–Trinajstić information content (AvgIpc) is 1.47. The molecule has 0 saturated heterocycles. The van der Waals surface area contributed by atoms with Gasteiger partial charge in [0.25, 0.3) is 0 Å². The van der Waals surface area contributed by atoms with Crippen LogP contribution in [0.5, 0.6) is 0 Å². The van der Waals surface area contributed by atoms with Crippen molar-refractivity contribution in [3.63, 3.8) is 0 Å². The van der Waals surface area contributed by atoms with Crippen molar-refractivity contribution in [1.29, 1.82) is 0 Å². The molecule has 16 aromatic rings. The second-order valence-corrected chi connectivity index (χ2v) is 32.1. The van der Waals surface area contributed by atoms with Crippen molar-refractivity contribution in [2.24, 2.45) is 0 Å². The Morgan fingerprint density at radius 2 is 0.514 bits per heavy atom. The Morgan fingerprint density at radius 3 is 1.06 bits per heavy atom. The molecule has 0 spiro atoms. The molecule has 0 radical (unpaired) electrons. The lowest BCUT2D eigenvalue weighted by atomic mass is 9.67. The first kappa shape index (κ1) is 64.5. The lowest BCUT2D eigenvalue weighted by Gasteiger charge is -2.36. The second-order valence-electron chi connectivity index (χ2n) is 32.1. The van der Waals surface area contributed by atoms with Crippen LogP contribution in [0, 0.1) is 0 Å². The summed E-state index contributed by atoms with van der Waals surface area (Å²) < 4.78 is 0. The number of hydrogen-bond acceptors (Lipinski definition) is 2. The summed E-state index contributed by atoms with van der Waals surface area (Å²) in [5, 5.41) is 0. The van der Waals surface area contributed by atoms with E-state index in [1.54, 1.807) is 0 Å². The van der Waals surface area contributed by atoms with Crippen LogP contribution in [0.2, 0.25) is 0 Å². The molecule has 2 heteroatoms. The number of fused-ring (bicyclic) bond motifs is 15. The van der Waals surface area contributed by atoms with Crippen molar-refractivity contribution >= 4 is 34.1 Å². The molecule has 518 valence electrons. The summed E-state index contributed by atoms with van der Waals surface area (Å²) in [5.74, 6) is 0. The number of rotatable bonds is 12. The zero-order chi connectivity index (χ0) is 73.1. The van der Waals surface area contributed by atoms with Crippen molar-refractivity contribution in [2.45, 2.75) is 68.6 Å². The molecule has 0 aliphatic heterocycles. The summed E-state index contributed by atoms with van der Waals surface area (Å²) in [6.45, 7) is 14.6. The maximum Gasteiger partial charge on any atom is 0.0714 e. The lowest BCUT2D eigenvalue weighted by Crippen LogP contribution is -2.28. The van der Waals surface area contributed by atoms with Crippen LogP contribution >= 0.6 is 0 Å². The van der Waals surface area contributed by atoms with E-state index in [0.717, 1.165) is 28.4 Å². The highest BCUT2D eigenvalue weighted by Gasteiger charge is 2.51. The molecule has 16 aromatic carbocycles. The van der Waals surface area contributed by atoms with E-state index in [9.17, 15) is 0 Å². The average molecular weight is 1390 g/mol. The summed E-state index contributed by atoms with van der Waals surface area (Å²) in [4.78, 5) is 5.25. The fourth-order valence-corrected chi connectivity index (χ4v) is 20.9. The van der Waals surface area contributed by atoms with Crippen LogP contribution in [0.1, 0.15) is 119 Å². The molecule has 0 N–H and O–H groups in total. The first-order valence-electron chi connectivity index (χ1n) is 38.6. The van der Waals surface area contributed by atoms with Crippen molar-refractivity contribution in [2.75, 3.05) is 9.80 Å². The minimum Gasteiger partial charge on any atom is -0.310 e. The minimum absolute atomic E-state index is 0.211. The first-order valence-corrected chi connectivity index (χ1v) is 38.6. The van der Waals surface area contributed by atoms with E-state index in [2.05, 4.69) is 427 Å². The Morgan fingerprint density at radius 1 is 0.183 bits per heavy atom. The molecule has 21 rings (SSSR count). The Kier molecular flexibility index (Phi) is 14.2. The molecule has 109 heavy (non-hydrogen) atoms. The van der Waals surface area contributed by atoms with Gasteiger partial charge in [-0.15, -0.1) is 0 Å². The molecular weight excluding hydrogens is 1310 g/mol. The van der Waals surface area contributed by atoms with Crippen molar-refractivity contribution in [3.8, 4) is 77.9 Å². The molecular formula is C107H80N2. The van der Waals surface area contributed by atoms with Gasteiger partial charge in [0, 0.05) is 38.7 Å². The predicted octanol–water partition coefficient (Wildman–Crippen LogP) is 27.6. The Hall–Kier alpha value is -12.9. The van der Waals surface area contributed by atoms with Gasteiger partial charge in [0.05, 0.1) is 33.6 Å². The van der Waals surface area contributed by atoms with Crippen LogP contribution in [-0.4, -0.2) is 0 Å². The molecule has 5 aliphatic carbocycles. The second kappa shape index (κ2) is 24.1. The normalized spacial score (nSPS) is 15.9. The summed E-state index contributed by atoms with van der Waals surface area (Å²) in [6, 6.07) is 143. The quantitative estimate of drug-likeness (QED) is 0.120. The summed E-state index contributed by atoms with van der Waals surface area (Å²) >= 11 is 0. The first-order chi connectivity index (χ1) is 53.4. The number of nitrogens with zero attached hydrogens (tertiary/aromatic N) is 2. The standard InChI is InChI=1S/C107H80N2/c1-103(2)87-51-23-19-45-79(87)81-64-62-78(68-94(81)103)109(97-59-29-49-83-80-46-20-24-52-88(80)104(3,4)101(83)97)96-58-32-56-92-100(96)86-48-22-26-54-90(86)107(92,75-41-17-10-18-42-75)76-43-27-35-70(65-76)72-61-63-82-84-50-30-60-98(102(84)105(5,6)93(82)67-72)108(77-44-28-36-71(66-77)69-33-11-7-12-34-69)95-57-31-55-91-99(95)85-47-21-25-53-89(85)106(91,73-37-13-8-14-38-73)74-39-15-9-16-40-74/h7-68H,1-6H3. The molecule has 0 saturated carbocycles. The topological polar surface area (TPSA) is 6.48 Å². The summed E-state index contributed by atoms with van der Waals surface area (Å²) in [6.07, 6.45) is 0. The third kappa shape index (κ3) is 9.10. The maximum absolute atomic E-state index is 2.64. The molecule has 0 amide bonds. The van der Waals surface area contributed by atoms with E-state index in [4.69, 9.17) is 0 Å². The van der Waals surface area contributed by atoms with Gasteiger partial charge in [-0.25, -0.2) is 0 Å². The maximum atomic E-state index is 2.64. The molecule has 0 heterocycles. The van der Waals surface area contributed by atoms with E-state index in [-0.39, 0.29) is 10.8 Å². The predicted molar refractivity (Wildman–Crippen MR) is 454 cm³/mol. The van der Waals surface area contributed by atoms with Gasteiger partial charge in [0.15, 0.2) is 0 Å². The molecule has 0 aromatic heterocycles. The molecule has 2 nitrogen and oxygen atoms in total. The van der Waals surface area contributed by atoms with Gasteiger partial charge in [0.1, 0.15) is 0 Å². The zero-order valence-electron chi connectivity index (χ0n) is 62.2. The van der Waals surface area contributed by atoms with Crippen molar-refractivity contribution in [1.82, 2.24) is 0 Å². The van der Waals surface area contributed by atoms with Crippen LogP contribution in [0.15, 0.2) is 376 Å². The lowest BCUT2D eigenvalue weighted by molar-refractivity contribution is 0.658. The third-order valence-electron chi connectivity index (χ3n) is 25.6. The van der Waals surface area contributed by atoms with E-state index in [1.807, 2.05) is 0 Å².